The van der Waals surface area contributed by atoms with Gasteiger partial charge in [-0.25, -0.2) is 0 Å². The fourth-order valence-corrected chi connectivity index (χ4v) is 1.85. The average Bonchev–Trinajstić information content (AvgIpc) is 2.14. The Labute approximate surface area is 97.6 Å². The Morgan fingerprint density at radius 3 is 2.87 bits per heavy atom. The van der Waals surface area contributed by atoms with Crippen molar-refractivity contribution in [3.63, 3.8) is 0 Å². The van der Waals surface area contributed by atoms with Crippen LogP contribution in [0.5, 0.6) is 0 Å². The lowest BCUT2D eigenvalue weighted by Crippen LogP contribution is -2.17. The van der Waals surface area contributed by atoms with Crippen LogP contribution in [0.15, 0.2) is 22.7 Å². The molecule has 0 aliphatic heterocycles. The Hall–Kier alpha value is -0.870. The van der Waals surface area contributed by atoms with E-state index >= 15 is 0 Å². The lowest BCUT2D eigenvalue weighted by molar-refractivity contribution is -0.136. The van der Waals surface area contributed by atoms with Gasteiger partial charge in [-0.2, -0.15) is 0 Å². The molecule has 82 valence electrons. The first-order valence-electron chi connectivity index (χ1n) is 4.77. The second kappa shape index (κ2) is 5.88. The summed E-state index contributed by atoms with van der Waals surface area (Å²) in [5.74, 6) is -0.773. The van der Waals surface area contributed by atoms with Crippen molar-refractivity contribution in [2.24, 2.45) is 0 Å². The highest BCUT2D eigenvalue weighted by atomic mass is 79.9. The Morgan fingerprint density at radius 2 is 2.27 bits per heavy atom. The number of halogens is 1. The molecule has 0 spiro atoms. The minimum Gasteiger partial charge on any atom is -0.481 e. The number of aliphatic carboxylic acids is 1. The average molecular weight is 272 g/mol. The summed E-state index contributed by atoms with van der Waals surface area (Å²) in [7, 11) is 0. The molecular formula is C11H14BrNO2. The molecule has 0 unspecified atom stereocenters. The molecule has 0 aliphatic rings. The van der Waals surface area contributed by atoms with Crippen LogP contribution in [0.4, 0.5) is 0 Å². The number of aryl methyl sites for hydroxylation is 1. The number of hydrogen-bond donors (Lipinski definition) is 2. The summed E-state index contributed by atoms with van der Waals surface area (Å²) in [6, 6.07) is 6.13. The van der Waals surface area contributed by atoms with Gasteiger partial charge >= 0.3 is 5.97 Å². The van der Waals surface area contributed by atoms with Crippen LogP contribution in [0.25, 0.3) is 0 Å². The van der Waals surface area contributed by atoms with Gasteiger partial charge in [0.2, 0.25) is 0 Å². The van der Waals surface area contributed by atoms with E-state index in [4.69, 9.17) is 5.11 Å². The summed E-state index contributed by atoms with van der Waals surface area (Å²) in [5.41, 5.74) is 2.35. The van der Waals surface area contributed by atoms with Crippen molar-refractivity contribution in [2.45, 2.75) is 19.9 Å². The van der Waals surface area contributed by atoms with Crippen LogP contribution < -0.4 is 5.32 Å². The fraction of sp³-hybridized carbons (Fsp3) is 0.364. The van der Waals surface area contributed by atoms with Crippen LogP contribution in [0.3, 0.4) is 0 Å². The summed E-state index contributed by atoms with van der Waals surface area (Å²) in [6.45, 7) is 3.22. The molecule has 3 nitrogen and oxygen atoms in total. The first-order valence-corrected chi connectivity index (χ1v) is 5.56. The Morgan fingerprint density at radius 1 is 1.53 bits per heavy atom. The highest BCUT2D eigenvalue weighted by Crippen LogP contribution is 2.17. The smallest absolute Gasteiger partial charge is 0.304 e. The van der Waals surface area contributed by atoms with E-state index < -0.39 is 5.97 Å². The van der Waals surface area contributed by atoms with Crippen LogP contribution in [-0.4, -0.2) is 17.6 Å². The van der Waals surface area contributed by atoms with Crippen molar-refractivity contribution in [1.29, 1.82) is 0 Å². The molecule has 0 saturated heterocycles. The van der Waals surface area contributed by atoms with Gasteiger partial charge in [-0.1, -0.05) is 28.1 Å². The monoisotopic (exact) mass is 271 g/mol. The largest absolute Gasteiger partial charge is 0.481 e. The third-order valence-electron chi connectivity index (χ3n) is 2.04. The maximum absolute atomic E-state index is 10.3. The summed E-state index contributed by atoms with van der Waals surface area (Å²) in [6.07, 6.45) is 0.156. The molecule has 15 heavy (non-hydrogen) atoms. The van der Waals surface area contributed by atoms with E-state index in [-0.39, 0.29) is 6.42 Å². The van der Waals surface area contributed by atoms with E-state index in [1.807, 2.05) is 25.1 Å². The molecule has 2 N–H and O–H groups in total. The van der Waals surface area contributed by atoms with Gasteiger partial charge in [-0.3, -0.25) is 4.79 Å². The van der Waals surface area contributed by atoms with Crippen LogP contribution in [-0.2, 0) is 11.3 Å². The SMILES string of the molecule is Cc1ccc(CNCCC(=O)O)c(Br)c1. The summed E-state index contributed by atoms with van der Waals surface area (Å²) < 4.78 is 1.06. The van der Waals surface area contributed by atoms with E-state index in [1.54, 1.807) is 0 Å². The van der Waals surface area contributed by atoms with E-state index in [1.165, 1.54) is 5.56 Å². The lowest BCUT2D eigenvalue weighted by atomic mass is 10.1. The van der Waals surface area contributed by atoms with Gasteiger partial charge in [-0.15, -0.1) is 0 Å². The molecule has 1 aromatic rings. The first kappa shape index (κ1) is 12.2. The molecule has 0 aliphatic carbocycles. The lowest BCUT2D eigenvalue weighted by Gasteiger charge is -2.06. The minimum atomic E-state index is -0.773. The zero-order valence-corrected chi connectivity index (χ0v) is 10.2. The zero-order chi connectivity index (χ0) is 11.3. The van der Waals surface area contributed by atoms with E-state index in [2.05, 4.69) is 21.2 Å². The topological polar surface area (TPSA) is 49.3 Å². The number of nitrogens with one attached hydrogen (secondary N) is 1. The fourth-order valence-electron chi connectivity index (χ4n) is 1.21. The van der Waals surface area contributed by atoms with Gasteiger partial charge in [-0.05, 0) is 24.1 Å². The molecular weight excluding hydrogens is 258 g/mol. The maximum atomic E-state index is 10.3. The highest BCUT2D eigenvalue weighted by molar-refractivity contribution is 9.10. The maximum Gasteiger partial charge on any atom is 0.304 e. The number of rotatable bonds is 5. The standard InChI is InChI=1S/C11H14BrNO2/c1-8-2-3-9(10(12)6-8)7-13-5-4-11(14)15/h2-3,6,13H,4-5,7H2,1H3,(H,14,15). The third-order valence-corrected chi connectivity index (χ3v) is 2.78. The normalized spacial score (nSPS) is 10.3. The number of benzene rings is 1. The van der Waals surface area contributed by atoms with Crippen molar-refractivity contribution < 1.29 is 9.90 Å². The van der Waals surface area contributed by atoms with Gasteiger partial charge in [0, 0.05) is 17.6 Å². The molecule has 0 aromatic heterocycles. The molecule has 0 saturated carbocycles. The van der Waals surface area contributed by atoms with Crippen LogP contribution >= 0.6 is 15.9 Å². The molecule has 0 atom stereocenters. The molecule has 1 aromatic carbocycles. The Bertz CT molecular complexity index is 352. The number of carboxylic acid groups (broad SMARTS) is 1. The van der Waals surface area contributed by atoms with Crippen LogP contribution in [0.2, 0.25) is 0 Å². The van der Waals surface area contributed by atoms with Crippen molar-refractivity contribution >= 4 is 21.9 Å². The van der Waals surface area contributed by atoms with Gasteiger partial charge in [0.05, 0.1) is 6.42 Å². The highest BCUT2D eigenvalue weighted by Gasteiger charge is 2.00. The summed E-state index contributed by atoms with van der Waals surface area (Å²) >= 11 is 3.47. The number of carbonyl (C=O) groups is 1. The molecule has 4 heteroatoms. The predicted octanol–water partition coefficient (Wildman–Crippen LogP) is 2.32. The summed E-state index contributed by atoms with van der Waals surface area (Å²) in [4.78, 5) is 10.3. The molecule has 0 bridgehead atoms. The summed E-state index contributed by atoms with van der Waals surface area (Å²) in [5, 5.41) is 11.5. The van der Waals surface area contributed by atoms with Crippen molar-refractivity contribution in [2.75, 3.05) is 6.54 Å². The molecule has 0 radical (unpaired) electrons. The minimum absolute atomic E-state index is 0.156. The quantitative estimate of drug-likeness (QED) is 0.809. The van der Waals surface area contributed by atoms with Gasteiger partial charge in [0.25, 0.3) is 0 Å². The zero-order valence-electron chi connectivity index (χ0n) is 8.59. The second-order valence-electron chi connectivity index (χ2n) is 3.42. The van der Waals surface area contributed by atoms with Crippen molar-refractivity contribution in [1.82, 2.24) is 5.32 Å². The van der Waals surface area contributed by atoms with Gasteiger partial charge in [0.15, 0.2) is 0 Å². The number of hydrogen-bond acceptors (Lipinski definition) is 2. The van der Waals surface area contributed by atoms with Gasteiger partial charge < -0.3 is 10.4 Å². The predicted molar refractivity (Wildman–Crippen MR) is 62.8 cm³/mol. The molecule has 0 heterocycles. The molecule has 0 amide bonds. The third kappa shape index (κ3) is 4.44. The second-order valence-corrected chi connectivity index (χ2v) is 4.27. The van der Waals surface area contributed by atoms with Crippen molar-refractivity contribution in [3.8, 4) is 0 Å². The van der Waals surface area contributed by atoms with Crippen LogP contribution in [0, 0.1) is 6.92 Å². The van der Waals surface area contributed by atoms with E-state index in [0.717, 1.165) is 10.0 Å². The number of carboxylic acids is 1. The van der Waals surface area contributed by atoms with Crippen LogP contribution in [0.1, 0.15) is 17.5 Å². The molecule has 0 fully saturated rings. The first-order chi connectivity index (χ1) is 7.09. The van der Waals surface area contributed by atoms with E-state index in [0.29, 0.717) is 13.1 Å². The van der Waals surface area contributed by atoms with Gasteiger partial charge in [0.1, 0.15) is 0 Å². The van der Waals surface area contributed by atoms with E-state index in [9.17, 15) is 4.79 Å². The van der Waals surface area contributed by atoms with Crippen molar-refractivity contribution in [3.05, 3.63) is 33.8 Å². The Balaban J connectivity index is 2.40. The Kier molecular flexibility index (Phi) is 4.78. The molecule has 1 rings (SSSR count).